The standard InChI is InChI=1S/C12H22N2/c1-7-12(11(6)13-8-2)14-10(5)9(3)4/h7-10,14H,2H2,1,3-6H3/b12-7+,13-11?. The molecule has 0 bridgehead atoms. The second kappa shape index (κ2) is 6.41. The smallest absolute Gasteiger partial charge is 0.0600 e. The molecule has 0 saturated heterocycles. The van der Waals surface area contributed by atoms with Crippen molar-refractivity contribution >= 4 is 5.71 Å². The van der Waals surface area contributed by atoms with Crippen LogP contribution in [0.25, 0.3) is 0 Å². The van der Waals surface area contributed by atoms with E-state index < -0.39 is 0 Å². The Morgan fingerprint density at radius 3 is 2.29 bits per heavy atom. The van der Waals surface area contributed by atoms with Crippen molar-refractivity contribution in [2.75, 3.05) is 0 Å². The van der Waals surface area contributed by atoms with Crippen molar-refractivity contribution in [1.29, 1.82) is 0 Å². The predicted octanol–water partition coefficient (Wildman–Crippen LogP) is 3.13. The van der Waals surface area contributed by atoms with E-state index in [2.05, 4.69) is 37.7 Å². The lowest BCUT2D eigenvalue weighted by atomic mass is 10.1. The summed E-state index contributed by atoms with van der Waals surface area (Å²) in [5, 5.41) is 3.43. The highest BCUT2D eigenvalue weighted by Crippen LogP contribution is 2.04. The van der Waals surface area contributed by atoms with Gasteiger partial charge in [0, 0.05) is 12.2 Å². The van der Waals surface area contributed by atoms with Crippen LogP contribution in [-0.4, -0.2) is 11.8 Å². The number of rotatable bonds is 5. The molecule has 0 amide bonds. The minimum absolute atomic E-state index is 0.455. The zero-order valence-corrected chi connectivity index (χ0v) is 9.96. The summed E-state index contributed by atoms with van der Waals surface area (Å²) in [6, 6.07) is 0.455. The lowest BCUT2D eigenvalue weighted by Crippen LogP contribution is -2.32. The van der Waals surface area contributed by atoms with E-state index in [4.69, 9.17) is 0 Å². The Morgan fingerprint density at radius 1 is 1.36 bits per heavy atom. The molecule has 80 valence electrons. The largest absolute Gasteiger partial charge is 0.381 e. The van der Waals surface area contributed by atoms with Gasteiger partial charge >= 0.3 is 0 Å². The van der Waals surface area contributed by atoms with Crippen molar-refractivity contribution < 1.29 is 0 Å². The second-order valence-corrected chi connectivity index (χ2v) is 3.78. The molecule has 1 atom stereocenters. The molecule has 0 heterocycles. The zero-order valence-electron chi connectivity index (χ0n) is 9.96. The highest BCUT2D eigenvalue weighted by molar-refractivity contribution is 5.97. The molecule has 0 radical (unpaired) electrons. The van der Waals surface area contributed by atoms with E-state index in [0.717, 1.165) is 11.4 Å². The van der Waals surface area contributed by atoms with Gasteiger partial charge in [-0.25, -0.2) is 0 Å². The molecule has 1 unspecified atom stereocenters. The number of hydrogen-bond acceptors (Lipinski definition) is 2. The summed E-state index contributed by atoms with van der Waals surface area (Å²) in [5.74, 6) is 0.612. The summed E-state index contributed by atoms with van der Waals surface area (Å²) in [7, 11) is 0. The molecular formula is C12H22N2. The van der Waals surface area contributed by atoms with Gasteiger partial charge in [0.25, 0.3) is 0 Å². The number of hydrogen-bond donors (Lipinski definition) is 1. The van der Waals surface area contributed by atoms with E-state index in [1.807, 2.05) is 19.9 Å². The maximum atomic E-state index is 4.16. The highest BCUT2D eigenvalue weighted by atomic mass is 14.9. The van der Waals surface area contributed by atoms with Crippen LogP contribution in [0.4, 0.5) is 0 Å². The minimum atomic E-state index is 0.455. The van der Waals surface area contributed by atoms with Crippen LogP contribution in [0.3, 0.4) is 0 Å². The average Bonchev–Trinajstić information content (AvgIpc) is 2.13. The Labute approximate surface area is 87.8 Å². The maximum Gasteiger partial charge on any atom is 0.0600 e. The van der Waals surface area contributed by atoms with E-state index in [-0.39, 0.29) is 0 Å². The van der Waals surface area contributed by atoms with Crippen molar-refractivity contribution in [3.63, 3.8) is 0 Å². The zero-order chi connectivity index (χ0) is 11.1. The van der Waals surface area contributed by atoms with Crippen molar-refractivity contribution in [3.8, 4) is 0 Å². The summed E-state index contributed by atoms with van der Waals surface area (Å²) < 4.78 is 0. The molecule has 0 aromatic rings. The molecule has 0 aliphatic carbocycles. The lowest BCUT2D eigenvalue weighted by Gasteiger charge is -2.20. The van der Waals surface area contributed by atoms with Gasteiger partial charge in [0.2, 0.25) is 0 Å². The van der Waals surface area contributed by atoms with Gasteiger partial charge in [-0.3, -0.25) is 4.99 Å². The molecular weight excluding hydrogens is 172 g/mol. The number of nitrogens with one attached hydrogen (secondary N) is 1. The molecule has 0 fully saturated rings. The van der Waals surface area contributed by atoms with Crippen LogP contribution in [0.1, 0.15) is 34.6 Å². The van der Waals surface area contributed by atoms with Crippen LogP contribution in [-0.2, 0) is 0 Å². The third kappa shape index (κ3) is 4.26. The fraction of sp³-hybridized carbons (Fsp3) is 0.583. The van der Waals surface area contributed by atoms with Crippen molar-refractivity contribution in [2.45, 2.75) is 40.7 Å². The van der Waals surface area contributed by atoms with E-state index in [9.17, 15) is 0 Å². The number of nitrogens with zero attached hydrogens (tertiary/aromatic N) is 1. The molecule has 0 spiro atoms. The molecule has 0 aromatic heterocycles. The normalized spacial score (nSPS) is 15.6. The van der Waals surface area contributed by atoms with Crippen LogP contribution < -0.4 is 5.32 Å². The molecule has 0 aromatic carbocycles. The number of allylic oxidation sites excluding steroid dienone is 2. The van der Waals surface area contributed by atoms with Gasteiger partial charge in [-0.1, -0.05) is 26.5 Å². The van der Waals surface area contributed by atoms with Gasteiger partial charge in [-0.05, 0) is 26.7 Å². The molecule has 0 saturated carbocycles. The topological polar surface area (TPSA) is 24.4 Å². The monoisotopic (exact) mass is 194 g/mol. The van der Waals surface area contributed by atoms with Gasteiger partial charge in [-0.2, -0.15) is 0 Å². The van der Waals surface area contributed by atoms with Crippen molar-refractivity contribution in [2.24, 2.45) is 10.9 Å². The van der Waals surface area contributed by atoms with Gasteiger partial charge < -0.3 is 5.32 Å². The van der Waals surface area contributed by atoms with Crippen LogP contribution in [0.2, 0.25) is 0 Å². The van der Waals surface area contributed by atoms with Crippen LogP contribution in [0.15, 0.2) is 29.5 Å². The Kier molecular flexibility index (Phi) is 5.93. The van der Waals surface area contributed by atoms with Gasteiger partial charge in [0.1, 0.15) is 0 Å². The highest BCUT2D eigenvalue weighted by Gasteiger charge is 2.08. The predicted molar refractivity (Wildman–Crippen MR) is 64.5 cm³/mol. The molecule has 2 nitrogen and oxygen atoms in total. The molecule has 14 heavy (non-hydrogen) atoms. The summed E-state index contributed by atoms with van der Waals surface area (Å²) in [6.45, 7) is 14.2. The fourth-order valence-corrected chi connectivity index (χ4v) is 1.02. The van der Waals surface area contributed by atoms with Crippen molar-refractivity contribution in [1.82, 2.24) is 5.32 Å². The van der Waals surface area contributed by atoms with E-state index >= 15 is 0 Å². The summed E-state index contributed by atoms with van der Waals surface area (Å²) in [4.78, 5) is 4.16. The summed E-state index contributed by atoms with van der Waals surface area (Å²) in [6.07, 6.45) is 3.61. The molecule has 2 heteroatoms. The average molecular weight is 194 g/mol. The molecule has 1 N–H and O–H groups in total. The van der Waals surface area contributed by atoms with Gasteiger partial charge in [0.15, 0.2) is 0 Å². The molecule has 0 rings (SSSR count). The van der Waals surface area contributed by atoms with Crippen molar-refractivity contribution in [3.05, 3.63) is 24.6 Å². The first-order chi connectivity index (χ1) is 6.52. The first-order valence-electron chi connectivity index (χ1n) is 5.11. The molecule has 0 aliphatic rings. The lowest BCUT2D eigenvalue weighted by molar-refractivity contribution is 0.467. The Hall–Kier alpha value is -1.05. The Bertz CT molecular complexity index is 237. The van der Waals surface area contributed by atoms with E-state index in [0.29, 0.717) is 12.0 Å². The SMILES string of the molecule is C=CN=C(C)/C(=C\C)NC(C)C(C)C. The Morgan fingerprint density at radius 2 is 1.93 bits per heavy atom. The third-order valence-corrected chi connectivity index (χ3v) is 2.35. The minimum Gasteiger partial charge on any atom is -0.381 e. The maximum absolute atomic E-state index is 4.16. The fourth-order valence-electron chi connectivity index (χ4n) is 1.02. The van der Waals surface area contributed by atoms with E-state index in [1.54, 1.807) is 6.20 Å². The van der Waals surface area contributed by atoms with Gasteiger partial charge in [-0.15, -0.1) is 0 Å². The first kappa shape index (κ1) is 12.9. The number of aliphatic imine (C=N–C) groups is 1. The van der Waals surface area contributed by atoms with Gasteiger partial charge in [0.05, 0.1) is 11.4 Å². The van der Waals surface area contributed by atoms with Crippen LogP contribution >= 0.6 is 0 Å². The Balaban J connectivity index is 4.46. The summed E-state index contributed by atoms with van der Waals surface area (Å²) >= 11 is 0. The quantitative estimate of drug-likeness (QED) is 0.668. The third-order valence-electron chi connectivity index (χ3n) is 2.35. The first-order valence-corrected chi connectivity index (χ1v) is 5.11. The summed E-state index contributed by atoms with van der Waals surface area (Å²) in [5.41, 5.74) is 2.07. The second-order valence-electron chi connectivity index (χ2n) is 3.78. The van der Waals surface area contributed by atoms with E-state index in [1.165, 1.54) is 0 Å². The molecule has 0 aliphatic heterocycles. The van der Waals surface area contributed by atoms with Crippen LogP contribution in [0.5, 0.6) is 0 Å². The van der Waals surface area contributed by atoms with Crippen LogP contribution in [0, 0.1) is 5.92 Å².